The van der Waals surface area contributed by atoms with Gasteiger partial charge in [0.15, 0.2) is 0 Å². The molecule has 0 amide bonds. The van der Waals surface area contributed by atoms with Gasteiger partial charge in [0.25, 0.3) is 0 Å². The number of ether oxygens (including phenoxy) is 3. The van der Waals surface area contributed by atoms with Crippen molar-refractivity contribution in [2.75, 3.05) is 6.61 Å². The zero-order chi connectivity index (χ0) is 20.3. The molecule has 3 rings (SSSR count). The van der Waals surface area contributed by atoms with Crippen molar-refractivity contribution in [1.82, 2.24) is 4.57 Å². The molecule has 6 heteroatoms. The van der Waals surface area contributed by atoms with Crippen molar-refractivity contribution < 1.29 is 23.8 Å². The quantitative estimate of drug-likeness (QED) is 0.464. The van der Waals surface area contributed by atoms with Crippen molar-refractivity contribution in [3.63, 3.8) is 0 Å². The number of esters is 2. The summed E-state index contributed by atoms with van der Waals surface area (Å²) in [6.45, 7) is 7.32. The highest BCUT2D eigenvalue weighted by Gasteiger charge is 2.19. The van der Waals surface area contributed by atoms with E-state index in [1.165, 1.54) is 6.92 Å². The van der Waals surface area contributed by atoms with Crippen molar-refractivity contribution >= 4 is 22.8 Å². The number of fused-ring (bicyclic) bond motifs is 1. The van der Waals surface area contributed by atoms with E-state index in [9.17, 15) is 9.59 Å². The lowest BCUT2D eigenvalue weighted by Gasteiger charge is -2.13. The second kappa shape index (κ2) is 8.17. The number of carbonyl (C=O) groups excluding carboxylic acids is 2. The van der Waals surface area contributed by atoms with E-state index in [2.05, 4.69) is 0 Å². The third-order valence-electron chi connectivity index (χ3n) is 3.99. The molecule has 2 aromatic carbocycles. The number of nitrogens with zero attached hydrogens (tertiary/aromatic N) is 1. The Labute approximate surface area is 163 Å². The van der Waals surface area contributed by atoms with Gasteiger partial charge in [-0.1, -0.05) is 0 Å². The van der Waals surface area contributed by atoms with E-state index in [0.29, 0.717) is 11.4 Å². The first kappa shape index (κ1) is 19.5. The van der Waals surface area contributed by atoms with Gasteiger partial charge in [-0.25, -0.2) is 4.79 Å². The third kappa shape index (κ3) is 4.17. The zero-order valence-corrected chi connectivity index (χ0v) is 16.4. The van der Waals surface area contributed by atoms with Gasteiger partial charge in [-0.05, 0) is 69.3 Å². The van der Waals surface area contributed by atoms with Gasteiger partial charge in [-0.3, -0.25) is 4.79 Å². The Morgan fingerprint density at radius 3 is 2.29 bits per heavy atom. The van der Waals surface area contributed by atoms with Gasteiger partial charge in [-0.2, -0.15) is 0 Å². The van der Waals surface area contributed by atoms with Gasteiger partial charge < -0.3 is 18.8 Å². The smallest absolute Gasteiger partial charge is 0.355 e. The van der Waals surface area contributed by atoms with Crippen molar-refractivity contribution in [1.29, 1.82) is 0 Å². The minimum absolute atomic E-state index is 0.0769. The molecule has 0 aliphatic heterocycles. The maximum atomic E-state index is 12.5. The lowest BCUT2D eigenvalue weighted by Crippen LogP contribution is -2.11. The van der Waals surface area contributed by atoms with Crippen molar-refractivity contribution in [3.05, 3.63) is 54.2 Å². The highest BCUT2D eigenvalue weighted by Crippen LogP contribution is 2.29. The van der Waals surface area contributed by atoms with E-state index in [1.54, 1.807) is 25.1 Å². The van der Waals surface area contributed by atoms with Gasteiger partial charge in [0.2, 0.25) is 0 Å². The summed E-state index contributed by atoms with van der Waals surface area (Å²) in [6, 6.07) is 14.5. The first-order valence-electron chi connectivity index (χ1n) is 9.17. The molecule has 3 aromatic rings. The standard InChI is InChI=1S/C22H23NO5/c1-5-26-22(25)21-13-16-12-19(28-15(4)24)10-11-20(16)23(21)17-6-8-18(9-7-17)27-14(2)3/h6-14H,5H2,1-4H3. The minimum atomic E-state index is -0.421. The molecular weight excluding hydrogens is 358 g/mol. The normalized spacial score (nSPS) is 10.9. The molecule has 0 spiro atoms. The largest absolute Gasteiger partial charge is 0.491 e. The van der Waals surface area contributed by atoms with Gasteiger partial charge in [0.05, 0.1) is 18.2 Å². The second-order valence-electron chi connectivity index (χ2n) is 6.56. The maximum Gasteiger partial charge on any atom is 0.355 e. The molecule has 0 radical (unpaired) electrons. The summed E-state index contributed by atoms with van der Waals surface area (Å²) in [4.78, 5) is 23.8. The fourth-order valence-electron chi connectivity index (χ4n) is 3.00. The second-order valence-corrected chi connectivity index (χ2v) is 6.56. The molecule has 0 saturated heterocycles. The van der Waals surface area contributed by atoms with E-state index in [0.717, 1.165) is 22.3 Å². The van der Waals surface area contributed by atoms with Gasteiger partial charge in [0, 0.05) is 18.0 Å². The molecule has 28 heavy (non-hydrogen) atoms. The zero-order valence-electron chi connectivity index (χ0n) is 16.4. The number of benzene rings is 2. The molecule has 0 atom stereocenters. The van der Waals surface area contributed by atoms with Crippen LogP contribution < -0.4 is 9.47 Å². The SMILES string of the molecule is CCOC(=O)c1cc2cc(OC(C)=O)ccc2n1-c1ccc(OC(C)C)cc1. The van der Waals surface area contributed by atoms with E-state index in [-0.39, 0.29) is 12.7 Å². The molecule has 0 fully saturated rings. The van der Waals surface area contributed by atoms with Gasteiger partial charge in [-0.15, -0.1) is 0 Å². The van der Waals surface area contributed by atoms with Crippen LogP contribution in [-0.2, 0) is 9.53 Å². The van der Waals surface area contributed by atoms with Crippen LogP contribution in [0.4, 0.5) is 0 Å². The van der Waals surface area contributed by atoms with Crippen LogP contribution in [0.5, 0.6) is 11.5 Å². The molecular formula is C22H23NO5. The molecule has 0 saturated carbocycles. The number of carbonyl (C=O) groups is 2. The molecule has 0 aliphatic carbocycles. The van der Waals surface area contributed by atoms with Crippen molar-refractivity contribution in [2.24, 2.45) is 0 Å². The van der Waals surface area contributed by atoms with Crippen molar-refractivity contribution in [2.45, 2.75) is 33.8 Å². The summed E-state index contributed by atoms with van der Waals surface area (Å²) >= 11 is 0. The summed E-state index contributed by atoms with van der Waals surface area (Å²) in [6.07, 6.45) is 0.0769. The molecule has 0 aliphatic rings. The topological polar surface area (TPSA) is 66.8 Å². The van der Waals surface area contributed by atoms with Crippen LogP contribution in [0, 0.1) is 0 Å². The van der Waals surface area contributed by atoms with Crippen LogP contribution in [0.3, 0.4) is 0 Å². The summed E-state index contributed by atoms with van der Waals surface area (Å²) in [5.74, 6) is 0.360. The Hall–Kier alpha value is -3.28. The van der Waals surface area contributed by atoms with Gasteiger partial charge in [0.1, 0.15) is 17.2 Å². The molecule has 0 unspecified atom stereocenters. The number of rotatable bonds is 6. The number of hydrogen-bond donors (Lipinski definition) is 0. The summed E-state index contributed by atoms with van der Waals surface area (Å²) in [5, 5.41) is 0.768. The Bertz CT molecular complexity index is 1000. The fraction of sp³-hybridized carbons (Fsp3) is 0.273. The van der Waals surface area contributed by atoms with Crippen LogP contribution in [0.1, 0.15) is 38.2 Å². The molecule has 0 N–H and O–H groups in total. The van der Waals surface area contributed by atoms with Crippen molar-refractivity contribution in [3.8, 4) is 17.2 Å². The summed E-state index contributed by atoms with van der Waals surface area (Å²) < 4.78 is 17.9. The predicted molar refractivity (Wildman–Crippen MR) is 106 cm³/mol. The Morgan fingerprint density at radius 2 is 1.68 bits per heavy atom. The van der Waals surface area contributed by atoms with Crippen LogP contribution >= 0.6 is 0 Å². The Kier molecular flexibility index (Phi) is 5.68. The predicted octanol–water partition coefficient (Wildman–Crippen LogP) is 4.52. The Balaban J connectivity index is 2.11. The molecule has 0 bridgehead atoms. The summed E-state index contributed by atoms with van der Waals surface area (Å²) in [7, 11) is 0. The Morgan fingerprint density at radius 1 is 1.00 bits per heavy atom. The van der Waals surface area contributed by atoms with Crippen LogP contribution in [0.15, 0.2) is 48.5 Å². The first-order chi connectivity index (χ1) is 13.4. The van der Waals surface area contributed by atoms with E-state index >= 15 is 0 Å². The maximum absolute atomic E-state index is 12.5. The summed E-state index contributed by atoms with van der Waals surface area (Å²) in [5.41, 5.74) is 2.00. The van der Waals surface area contributed by atoms with E-state index in [4.69, 9.17) is 14.2 Å². The average molecular weight is 381 g/mol. The highest BCUT2D eigenvalue weighted by molar-refractivity contribution is 5.97. The molecule has 146 valence electrons. The van der Waals surface area contributed by atoms with E-state index < -0.39 is 11.9 Å². The lowest BCUT2D eigenvalue weighted by molar-refractivity contribution is -0.131. The lowest BCUT2D eigenvalue weighted by atomic mass is 10.2. The number of hydrogen-bond acceptors (Lipinski definition) is 5. The monoisotopic (exact) mass is 381 g/mol. The fourth-order valence-corrected chi connectivity index (χ4v) is 3.00. The molecule has 1 aromatic heterocycles. The third-order valence-corrected chi connectivity index (χ3v) is 3.99. The minimum Gasteiger partial charge on any atom is -0.491 e. The van der Waals surface area contributed by atoms with Crippen LogP contribution in [-0.4, -0.2) is 29.2 Å². The van der Waals surface area contributed by atoms with Crippen LogP contribution in [0.2, 0.25) is 0 Å². The van der Waals surface area contributed by atoms with E-state index in [1.807, 2.05) is 48.7 Å². The highest BCUT2D eigenvalue weighted by atomic mass is 16.5. The average Bonchev–Trinajstić information content (AvgIpc) is 3.00. The first-order valence-corrected chi connectivity index (χ1v) is 9.17. The van der Waals surface area contributed by atoms with Crippen LogP contribution in [0.25, 0.3) is 16.6 Å². The number of aromatic nitrogens is 1. The molecule has 6 nitrogen and oxygen atoms in total. The van der Waals surface area contributed by atoms with Gasteiger partial charge >= 0.3 is 11.9 Å². The molecule has 1 heterocycles.